The Morgan fingerprint density at radius 3 is 2.12 bits per heavy atom. The molecule has 24 heavy (non-hydrogen) atoms. The lowest BCUT2D eigenvalue weighted by Crippen LogP contribution is -2.48. The summed E-state index contributed by atoms with van der Waals surface area (Å²) in [5.74, 6) is -0.936. The second-order valence-electron chi connectivity index (χ2n) is 8.06. The average molecular weight is 357 g/mol. The maximum atomic E-state index is 14.3. The Kier molecular flexibility index (Phi) is 6.33. The van der Waals surface area contributed by atoms with Gasteiger partial charge in [-0.2, -0.15) is 0 Å². The number of nitrogens with one attached hydrogen (secondary N) is 1. The first-order valence-corrected chi connectivity index (χ1v) is 9.06. The summed E-state index contributed by atoms with van der Waals surface area (Å²) >= 11 is 0. The normalized spacial score (nSPS) is 16.3. The van der Waals surface area contributed by atoms with E-state index in [1.54, 1.807) is 45.9 Å². The molecule has 1 aromatic carbocycles. The predicted molar refractivity (Wildman–Crippen MR) is 95.2 cm³/mol. The van der Waals surface area contributed by atoms with Crippen LogP contribution >= 0.6 is 0 Å². The number of hydrogen-bond acceptors (Lipinski definition) is 3. The molecule has 2 atom stereocenters. The second-order valence-corrected chi connectivity index (χ2v) is 10.0. The fourth-order valence-corrected chi connectivity index (χ4v) is 3.02. The van der Waals surface area contributed by atoms with Crippen molar-refractivity contribution in [2.24, 2.45) is 0 Å². The summed E-state index contributed by atoms with van der Waals surface area (Å²) in [6.07, 6.45) is -0.132. The smallest absolute Gasteiger partial charge is 0.308 e. The van der Waals surface area contributed by atoms with E-state index < -0.39 is 38.7 Å². The molecule has 0 aliphatic rings. The van der Waals surface area contributed by atoms with Gasteiger partial charge in [-0.25, -0.2) is 13.3 Å². The van der Waals surface area contributed by atoms with Gasteiger partial charge in [-0.15, -0.1) is 0 Å². The quantitative estimate of drug-likeness (QED) is 0.815. The van der Waals surface area contributed by atoms with Gasteiger partial charge in [0, 0.05) is 5.56 Å². The molecule has 0 bridgehead atoms. The van der Waals surface area contributed by atoms with Crippen molar-refractivity contribution in [1.82, 2.24) is 4.72 Å². The molecule has 2 unspecified atom stereocenters. The lowest BCUT2D eigenvalue weighted by Gasteiger charge is -2.34. The van der Waals surface area contributed by atoms with Crippen LogP contribution in [0.25, 0.3) is 0 Å². The third-order valence-electron chi connectivity index (χ3n) is 3.26. The van der Waals surface area contributed by atoms with Crippen LogP contribution in [0.2, 0.25) is 0 Å². The summed E-state index contributed by atoms with van der Waals surface area (Å²) < 4.78 is 34.6. The van der Waals surface area contributed by atoms with Crippen LogP contribution in [0.4, 0.5) is 4.39 Å². The molecule has 0 spiro atoms. The van der Waals surface area contributed by atoms with Crippen LogP contribution < -0.4 is 4.72 Å². The molecule has 6 heteroatoms. The van der Waals surface area contributed by atoms with Crippen LogP contribution in [0.1, 0.15) is 60.5 Å². The minimum absolute atomic E-state index is 0.132. The van der Waals surface area contributed by atoms with Crippen molar-refractivity contribution < 1.29 is 18.1 Å². The van der Waals surface area contributed by atoms with E-state index in [4.69, 9.17) is 4.74 Å². The molecular formula is C18H28FNO3S. The number of carbonyl (C=O) groups is 1. The predicted octanol–water partition coefficient (Wildman–Crippen LogP) is 3.82. The molecule has 0 heterocycles. The summed E-state index contributed by atoms with van der Waals surface area (Å²) in [5.41, 5.74) is -1.50. The SMILES string of the molecule is CC(C)(C)OC(=O)CC(C)(NS(=O)C(C)(C)C)c1ccccc1F. The molecule has 0 radical (unpaired) electrons. The standard InChI is InChI=1S/C18H28FNO3S/c1-16(2,3)23-15(21)12-18(7,20-24(22)17(4,5)6)13-10-8-9-11-14(13)19/h8-11,20H,12H2,1-7H3. The highest BCUT2D eigenvalue weighted by molar-refractivity contribution is 7.84. The van der Waals surface area contributed by atoms with Gasteiger partial charge in [0.1, 0.15) is 11.4 Å². The van der Waals surface area contributed by atoms with E-state index in [0.717, 1.165) is 0 Å². The first kappa shape index (κ1) is 20.8. The van der Waals surface area contributed by atoms with Crippen LogP contribution in [0, 0.1) is 5.82 Å². The van der Waals surface area contributed by atoms with Gasteiger partial charge in [0.2, 0.25) is 0 Å². The zero-order valence-corrected chi connectivity index (χ0v) is 16.3. The van der Waals surface area contributed by atoms with Crippen molar-refractivity contribution in [2.45, 2.75) is 70.8 Å². The molecule has 4 nitrogen and oxygen atoms in total. The van der Waals surface area contributed by atoms with E-state index in [9.17, 15) is 13.4 Å². The van der Waals surface area contributed by atoms with Crippen LogP contribution in [0.5, 0.6) is 0 Å². The van der Waals surface area contributed by atoms with Gasteiger partial charge in [-0.1, -0.05) is 18.2 Å². The van der Waals surface area contributed by atoms with E-state index in [1.165, 1.54) is 6.07 Å². The van der Waals surface area contributed by atoms with Gasteiger partial charge in [0.05, 0.1) is 27.7 Å². The summed E-state index contributed by atoms with van der Waals surface area (Å²) in [6.45, 7) is 12.4. The molecule has 1 aromatic rings. The molecular weight excluding hydrogens is 329 g/mol. The van der Waals surface area contributed by atoms with Crippen molar-refractivity contribution >= 4 is 17.0 Å². The molecule has 0 saturated carbocycles. The molecule has 0 fully saturated rings. The number of halogens is 1. The molecule has 0 aromatic heterocycles. The zero-order chi connectivity index (χ0) is 18.8. The molecule has 1 rings (SSSR count). The van der Waals surface area contributed by atoms with Crippen molar-refractivity contribution in [3.63, 3.8) is 0 Å². The molecule has 0 aliphatic heterocycles. The topological polar surface area (TPSA) is 55.4 Å². The summed E-state index contributed by atoms with van der Waals surface area (Å²) in [5, 5.41) is 0. The summed E-state index contributed by atoms with van der Waals surface area (Å²) in [6, 6.07) is 6.18. The molecule has 0 amide bonds. The number of ether oxygens (including phenoxy) is 1. The van der Waals surface area contributed by atoms with Gasteiger partial charge in [-0.3, -0.25) is 4.79 Å². The fourth-order valence-electron chi connectivity index (χ4n) is 2.12. The third-order valence-corrected chi connectivity index (χ3v) is 5.01. The van der Waals surface area contributed by atoms with E-state index in [2.05, 4.69) is 4.72 Å². The number of esters is 1. The lowest BCUT2D eigenvalue weighted by atomic mass is 9.89. The van der Waals surface area contributed by atoms with Gasteiger partial charge in [0.25, 0.3) is 0 Å². The van der Waals surface area contributed by atoms with E-state index in [0.29, 0.717) is 0 Å². The monoisotopic (exact) mass is 357 g/mol. The summed E-state index contributed by atoms with van der Waals surface area (Å²) in [4.78, 5) is 12.3. The second kappa shape index (κ2) is 7.31. The van der Waals surface area contributed by atoms with Gasteiger partial charge in [-0.05, 0) is 54.5 Å². The van der Waals surface area contributed by atoms with Crippen LogP contribution in [-0.2, 0) is 26.1 Å². The Morgan fingerprint density at radius 2 is 1.67 bits per heavy atom. The highest BCUT2D eigenvalue weighted by atomic mass is 32.2. The van der Waals surface area contributed by atoms with Crippen molar-refractivity contribution in [3.8, 4) is 0 Å². The first-order valence-electron chi connectivity index (χ1n) is 7.91. The Morgan fingerprint density at radius 1 is 1.12 bits per heavy atom. The largest absolute Gasteiger partial charge is 0.460 e. The highest BCUT2D eigenvalue weighted by Crippen LogP contribution is 2.30. The van der Waals surface area contributed by atoms with Crippen molar-refractivity contribution in [1.29, 1.82) is 0 Å². The molecule has 136 valence electrons. The first-order chi connectivity index (χ1) is 10.7. The zero-order valence-electron chi connectivity index (χ0n) is 15.5. The minimum atomic E-state index is -1.48. The van der Waals surface area contributed by atoms with Gasteiger partial charge >= 0.3 is 5.97 Å². The van der Waals surface area contributed by atoms with E-state index >= 15 is 0 Å². The molecule has 0 aliphatic carbocycles. The van der Waals surface area contributed by atoms with Crippen molar-refractivity contribution in [2.75, 3.05) is 0 Å². The maximum Gasteiger partial charge on any atom is 0.308 e. The number of benzene rings is 1. The Balaban J connectivity index is 3.19. The third kappa shape index (κ3) is 5.98. The van der Waals surface area contributed by atoms with E-state index in [-0.39, 0.29) is 12.0 Å². The van der Waals surface area contributed by atoms with Crippen LogP contribution in [-0.4, -0.2) is 20.5 Å². The summed E-state index contributed by atoms with van der Waals surface area (Å²) in [7, 11) is -1.48. The lowest BCUT2D eigenvalue weighted by molar-refractivity contribution is -0.156. The number of rotatable bonds is 5. The van der Waals surface area contributed by atoms with Crippen molar-refractivity contribution in [3.05, 3.63) is 35.6 Å². The maximum absolute atomic E-state index is 14.3. The number of hydrogen-bond donors (Lipinski definition) is 1. The van der Waals surface area contributed by atoms with Gasteiger partial charge in [0.15, 0.2) is 0 Å². The minimum Gasteiger partial charge on any atom is -0.460 e. The number of carbonyl (C=O) groups excluding carboxylic acids is 1. The average Bonchev–Trinajstić information content (AvgIpc) is 2.34. The Labute approximate surface area is 146 Å². The molecule has 0 saturated heterocycles. The van der Waals surface area contributed by atoms with E-state index in [1.807, 2.05) is 20.8 Å². The van der Waals surface area contributed by atoms with Crippen LogP contribution in [0.3, 0.4) is 0 Å². The van der Waals surface area contributed by atoms with Gasteiger partial charge < -0.3 is 4.74 Å². The van der Waals surface area contributed by atoms with Crippen LogP contribution in [0.15, 0.2) is 24.3 Å². The fraction of sp³-hybridized carbons (Fsp3) is 0.611. The highest BCUT2D eigenvalue weighted by Gasteiger charge is 2.37. The Hall–Kier alpha value is -1.27. The Bertz CT molecular complexity index is 619. The molecule has 1 N–H and O–H groups in total.